The lowest BCUT2D eigenvalue weighted by molar-refractivity contribution is -0.156. The van der Waals surface area contributed by atoms with E-state index in [9.17, 15) is 48.6 Å². The molecule has 3 atom stereocenters. The van der Waals surface area contributed by atoms with Gasteiger partial charge in [0.1, 0.15) is 42.5 Å². The zero-order valence-electron chi connectivity index (χ0n) is 33.7. The lowest BCUT2D eigenvalue weighted by Crippen LogP contribution is -2.63. The number of carbonyl (C=O) groups excluding carboxylic acids is 3. The number of phenols is 2. The summed E-state index contributed by atoms with van der Waals surface area (Å²) in [5.74, 6) is -4.07. The van der Waals surface area contributed by atoms with Crippen molar-refractivity contribution >= 4 is 71.6 Å². The third kappa shape index (κ3) is 6.18. The van der Waals surface area contributed by atoms with E-state index < -0.39 is 97.3 Å². The zero-order valence-corrected chi connectivity index (χ0v) is 33.7. The molecule has 1 aliphatic heterocycles. The van der Waals surface area contributed by atoms with Crippen LogP contribution in [-0.4, -0.2) is 63.2 Å². The third-order valence-electron chi connectivity index (χ3n) is 12.0. The van der Waals surface area contributed by atoms with Gasteiger partial charge < -0.3 is 34.5 Å². The van der Waals surface area contributed by atoms with Gasteiger partial charge in [0.25, 0.3) is 5.56 Å². The second-order valence-corrected chi connectivity index (χ2v) is 15.4. The second kappa shape index (κ2) is 15.0. The van der Waals surface area contributed by atoms with Crippen LogP contribution in [-0.2, 0) is 32.3 Å². The molecule has 6 aromatic carbocycles. The summed E-state index contributed by atoms with van der Waals surface area (Å²) >= 11 is 0. The van der Waals surface area contributed by atoms with Crippen LogP contribution in [0.1, 0.15) is 49.9 Å². The van der Waals surface area contributed by atoms with E-state index in [1.165, 1.54) is 44.4 Å². The van der Waals surface area contributed by atoms with Crippen LogP contribution in [0, 0.1) is 6.92 Å². The number of rotatable bonds is 8. The Kier molecular flexibility index (Phi) is 9.92. The molecule has 0 bridgehead atoms. The molecule has 15 nitrogen and oxygen atoms in total. The number of hydrogen-bond acceptors (Lipinski definition) is 12. The maximum absolute atomic E-state index is 14.8. The molecule has 0 saturated carbocycles. The Hall–Kier alpha value is -7.42. The standard InChI is InChI=1S/C46H39N3O12/c1-6-20(2)28-16-26-34(45(58)49(28)18-30(51)48-17-27(47-44(57)22(48)4)46(59)61-19-23-10-8-7-9-11-23)40(54)32-24(38(26)52)13-14-25-33(32)41(55)36-37(43(25)60-5)39(53)31-21(3)12-15-29(50)35(31)42(36)56/h7-16,20,22,27,50,55H,6,17-19H2,1-5H3,(H,47,57). The van der Waals surface area contributed by atoms with Crippen LogP contribution in [0.2, 0.25) is 0 Å². The fourth-order valence-electron chi connectivity index (χ4n) is 8.53. The molecule has 2 heterocycles. The number of hydrogen-bond donors (Lipinski definition) is 3. The largest absolute Gasteiger partial charge is 0.507 e. The Morgan fingerprint density at radius 3 is 2.16 bits per heavy atom. The second-order valence-electron chi connectivity index (χ2n) is 15.4. The predicted octanol–water partition coefficient (Wildman–Crippen LogP) is 3.63. The Bertz CT molecular complexity index is 3350. The van der Waals surface area contributed by atoms with Crippen molar-refractivity contribution in [2.45, 2.75) is 65.3 Å². The third-order valence-corrected chi connectivity index (χ3v) is 12.0. The van der Waals surface area contributed by atoms with Crippen LogP contribution >= 0.6 is 0 Å². The first kappa shape index (κ1) is 40.4. The van der Waals surface area contributed by atoms with Gasteiger partial charge in [-0.2, -0.15) is 0 Å². The first-order chi connectivity index (χ1) is 29.1. The average Bonchev–Trinajstić information content (AvgIpc) is 3.25. The van der Waals surface area contributed by atoms with E-state index in [0.717, 1.165) is 9.47 Å². The van der Waals surface area contributed by atoms with E-state index in [1.54, 1.807) is 38.1 Å². The maximum atomic E-state index is 14.8. The van der Waals surface area contributed by atoms with E-state index in [2.05, 4.69) is 5.32 Å². The van der Waals surface area contributed by atoms with Crippen LogP contribution in [0.25, 0.3) is 53.9 Å². The highest BCUT2D eigenvalue weighted by Crippen LogP contribution is 2.43. The van der Waals surface area contributed by atoms with E-state index in [0.29, 0.717) is 17.5 Å². The minimum absolute atomic E-state index is 0.00885. The number of nitrogens with one attached hydrogen (secondary N) is 1. The highest BCUT2D eigenvalue weighted by molar-refractivity contribution is 6.23. The summed E-state index contributed by atoms with van der Waals surface area (Å²) in [7, 11) is 1.23. The van der Waals surface area contributed by atoms with Gasteiger partial charge in [0, 0.05) is 38.0 Å². The fraction of sp³-hybridized carbons (Fsp3) is 0.261. The molecule has 310 valence electrons. The molecule has 0 radical (unpaired) electrons. The van der Waals surface area contributed by atoms with Crippen LogP contribution in [0.4, 0.5) is 0 Å². The SMILES string of the molecule is CCC(C)c1cc2c(=O)c3ccc4c(OC)c5c(=O)c6c(C)ccc(O)c6c(=O)c5c(O)c4c3c(=O)c2c(=O)n1CC(=O)N1CC(C(=O)OCc2ccccc2)NC(=O)C1C. The predicted molar refractivity (Wildman–Crippen MR) is 228 cm³/mol. The van der Waals surface area contributed by atoms with Gasteiger partial charge >= 0.3 is 5.97 Å². The molecule has 3 N–H and O–H groups in total. The van der Waals surface area contributed by atoms with Gasteiger partial charge in [-0.1, -0.05) is 50.2 Å². The molecular formula is C46H39N3O12. The number of aryl methyl sites for hydroxylation is 1. The van der Waals surface area contributed by atoms with Gasteiger partial charge in [-0.25, -0.2) is 4.79 Å². The van der Waals surface area contributed by atoms with Gasteiger partial charge in [0.05, 0.1) is 35.2 Å². The minimum Gasteiger partial charge on any atom is -0.507 e. The summed E-state index contributed by atoms with van der Waals surface area (Å²) in [6, 6.07) is 13.4. The molecule has 3 unspecified atom stereocenters. The molecule has 1 aromatic heterocycles. The zero-order chi connectivity index (χ0) is 43.8. The quantitative estimate of drug-likeness (QED) is 0.114. The summed E-state index contributed by atoms with van der Waals surface area (Å²) in [5.41, 5.74) is -3.05. The Balaban J connectivity index is 1.32. The number of ether oxygens (including phenoxy) is 2. The number of phenolic OH excluding ortho intramolecular Hbond substituents is 2. The molecule has 2 amide bonds. The number of piperazine rings is 1. The molecule has 8 rings (SSSR count). The van der Waals surface area contributed by atoms with Crippen LogP contribution in [0.5, 0.6) is 17.2 Å². The summed E-state index contributed by atoms with van der Waals surface area (Å²) in [6.07, 6.45) is 0.456. The smallest absolute Gasteiger partial charge is 0.330 e. The summed E-state index contributed by atoms with van der Waals surface area (Å²) in [4.78, 5) is 114. The molecule has 0 aliphatic carbocycles. The summed E-state index contributed by atoms with van der Waals surface area (Å²) < 4.78 is 12.2. The molecule has 0 spiro atoms. The number of aromatic nitrogens is 1. The van der Waals surface area contributed by atoms with Gasteiger partial charge in [-0.15, -0.1) is 0 Å². The number of amides is 2. The minimum atomic E-state index is -1.21. The molecule has 1 saturated heterocycles. The molecule has 1 fully saturated rings. The van der Waals surface area contributed by atoms with Gasteiger partial charge in [0.15, 0.2) is 10.9 Å². The van der Waals surface area contributed by atoms with E-state index in [1.807, 2.05) is 13.0 Å². The summed E-state index contributed by atoms with van der Waals surface area (Å²) in [6.45, 7) is 5.64. The van der Waals surface area contributed by atoms with Crippen molar-refractivity contribution in [1.82, 2.24) is 14.8 Å². The number of esters is 1. The lowest BCUT2D eigenvalue weighted by atomic mass is 9.90. The first-order valence-electron chi connectivity index (χ1n) is 19.6. The maximum Gasteiger partial charge on any atom is 0.330 e. The average molecular weight is 826 g/mol. The van der Waals surface area contributed by atoms with Gasteiger partial charge in [0.2, 0.25) is 22.7 Å². The van der Waals surface area contributed by atoms with Crippen LogP contribution < -0.4 is 37.3 Å². The monoisotopic (exact) mass is 825 g/mol. The van der Waals surface area contributed by atoms with Crippen molar-refractivity contribution in [2.75, 3.05) is 13.7 Å². The van der Waals surface area contributed by atoms with Crippen molar-refractivity contribution in [2.24, 2.45) is 0 Å². The van der Waals surface area contributed by atoms with Crippen molar-refractivity contribution in [3.05, 3.63) is 129 Å². The number of pyridine rings is 1. The fourth-order valence-corrected chi connectivity index (χ4v) is 8.53. The van der Waals surface area contributed by atoms with E-state index in [-0.39, 0.29) is 62.3 Å². The van der Waals surface area contributed by atoms with Crippen LogP contribution in [0.3, 0.4) is 0 Å². The number of carbonyl (C=O) groups is 3. The van der Waals surface area contributed by atoms with Crippen molar-refractivity contribution in [1.29, 1.82) is 0 Å². The molecular weight excluding hydrogens is 787 g/mol. The number of aromatic hydroxyl groups is 2. The van der Waals surface area contributed by atoms with E-state index >= 15 is 0 Å². The Morgan fingerprint density at radius 2 is 1.48 bits per heavy atom. The molecule has 15 heteroatoms. The van der Waals surface area contributed by atoms with Gasteiger partial charge in [-0.3, -0.25) is 33.6 Å². The van der Waals surface area contributed by atoms with Crippen molar-refractivity contribution in [3.8, 4) is 17.2 Å². The number of fused-ring (bicyclic) bond motifs is 6. The topological polar surface area (TPSA) is 216 Å². The number of benzene rings is 6. The van der Waals surface area contributed by atoms with Crippen molar-refractivity contribution < 1.29 is 34.1 Å². The molecule has 7 aromatic rings. The highest BCUT2D eigenvalue weighted by atomic mass is 16.5. The highest BCUT2D eigenvalue weighted by Gasteiger charge is 2.39. The molecule has 61 heavy (non-hydrogen) atoms. The van der Waals surface area contributed by atoms with E-state index in [4.69, 9.17) is 9.47 Å². The number of nitrogens with zero attached hydrogens (tertiary/aromatic N) is 2. The van der Waals surface area contributed by atoms with Crippen molar-refractivity contribution in [3.63, 3.8) is 0 Å². The van der Waals surface area contributed by atoms with Gasteiger partial charge in [-0.05, 0) is 61.6 Å². The first-order valence-corrected chi connectivity index (χ1v) is 19.6. The Labute approximate surface area is 344 Å². The number of methoxy groups -OCH3 is 1. The van der Waals surface area contributed by atoms with Crippen LogP contribution in [0.15, 0.2) is 84.6 Å². The Morgan fingerprint density at radius 1 is 0.803 bits per heavy atom. The summed E-state index contributed by atoms with van der Waals surface area (Å²) in [5, 5.41) is 22.2. The lowest BCUT2D eigenvalue weighted by Gasteiger charge is -2.37. The normalized spacial score (nSPS) is 16.1. The molecule has 1 aliphatic rings.